The van der Waals surface area contributed by atoms with Crippen LogP contribution in [0.5, 0.6) is 17.2 Å². The predicted molar refractivity (Wildman–Crippen MR) is 388 cm³/mol. The van der Waals surface area contributed by atoms with Gasteiger partial charge in [0.25, 0.3) is 23.5 Å². The number of nitrogens with one attached hydrogen (secondary N) is 3. The Balaban J connectivity index is 0.000000255. The molecule has 6 N–H and O–H groups in total. The molecule has 25 heteroatoms. The SMILES string of the molecule is C.C.COc1cc2[nH]ccc2cc1C(=O)N1C[C@H](C)N(Cc2ccc(F)cc2)C[C@H]1C.COc1cc2[nH]ccc2cc1C(=O)O.COc1cc2c(cc1C(=O)N1C[C@H](C)N(Cc3ccc(F)cc3)C[C@H]1C)c(C(=O)C(=O)N(C)C)cn2N.C[C@@H]1CN(Cc2ccc(F)cc2)[C@@H](C)CN1.[3H][B][3H].[U]. The van der Waals surface area contributed by atoms with Gasteiger partial charge in [0.1, 0.15) is 40.3 Å². The third-order valence-electron chi connectivity index (χ3n) is 18.0. The first-order valence-corrected chi connectivity index (χ1v) is 31.9. The Bertz CT molecular complexity index is 4250. The second kappa shape index (κ2) is 36.7. The normalized spacial score (nSPS) is 18.5. The van der Waals surface area contributed by atoms with E-state index in [0.29, 0.717) is 85.9 Å². The number of hydrogen-bond acceptors (Lipinski definition) is 13. The van der Waals surface area contributed by atoms with Crippen LogP contribution in [-0.4, -0.2) is 201 Å². The minimum Gasteiger partial charge on any atom is -0.496 e. The second-order valence-corrected chi connectivity index (χ2v) is 25.2. The number of amides is 3. The van der Waals surface area contributed by atoms with Crippen molar-refractivity contribution in [3.8, 4) is 17.2 Å². The van der Waals surface area contributed by atoms with Crippen LogP contribution in [-0.2, 0) is 24.4 Å². The molecule has 533 valence electrons. The summed E-state index contributed by atoms with van der Waals surface area (Å²) in [5.41, 5.74) is 6.72. The van der Waals surface area contributed by atoms with Crippen LogP contribution in [0, 0.1) is 48.6 Å². The average Bonchev–Trinajstić information content (AvgIpc) is 1.55. The van der Waals surface area contributed by atoms with Crippen molar-refractivity contribution in [2.75, 3.05) is 80.5 Å². The van der Waals surface area contributed by atoms with Gasteiger partial charge < -0.3 is 55.1 Å². The number of methoxy groups -OCH3 is 3. The fourth-order valence-corrected chi connectivity index (χ4v) is 12.4. The molecule has 20 nitrogen and oxygen atoms in total. The number of nitrogens with two attached hydrogens (primary N) is 1. The van der Waals surface area contributed by atoms with E-state index in [9.17, 15) is 37.1 Å². The molecule has 0 spiro atoms. The van der Waals surface area contributed by atoms with Gasteiger partial charge in [0, 0.05) is 204 Å². The standard InChI is InChI=1S/C27H32FN5O4.C23H26FN3O2.C13H19FN2.C10H9NO3.2CH4.BH2.U/c1-16-13-32(17(2)12-31(16)14-18-6-8-19(28)9-7-18)26(35)21-10-20-22(25(34)27(36)30(3)4)15-33(29)23(20)11-24(21)37-5;1-15-13-27(16(2)12-26(15)14-17-4-6-19(24)7-5-17)23(28)20-10-18-8-9-25-21(18)11-22(20)29-3;1-10-8-16(11(2)7-15-10)9-12-3-5-13(14)6-4-12;1-14-9-5-8-6(2-3-11-8)4-7(9)10(12)13;;;;/h6-11,15-17H,12-14,29H2,1-5H3;4-11,15-16,25H,12-14H2,1-3H3;3-6,10-11,15H,7-9H2,1-2H3;2-5,11H,1H3,(H,12,13);2*1H4;1H2;/t16-,17+;15-,16+;10-,11+;;;;;/m001...../s1/i;;;;;;1T2;. The van der Waals surface area contributed by atoms with Crippen molar-refractivity contribution in [3.05, 3.63) is 196 Å². The van der Waals surface area contributed by atoms with Crippen LogP contribution in [0.2, 0.25) is 0 Å². The first-order valence-electron chi connectivity index (χ1n) is 33.1. The Hall–Kier alpha value is -8.56. The Morgan fingerprint density at radius 1 is 0.560 bits per heavy atom. The number of H-pyrrole nitrogens is 2. The molecule has 3 saturated heterocycles. The van der Waals surface area contributed by atoms with Crippen LogP contribution in [0.4, 0.5) is 13.2 Å². The molecule has 0 unspecified atom stereocenters. The quantitative estimate of drug-likeness (QED) is 0.0295. The number of aromatic nitrogens is 3. The molecule has 1 radical (unpaired) electrons. The summed E-state index contributed by atoms with van der Waals surface area (Å²) >= 11 is 0. The van der Waals surface area contributed by atoms with E-state index in [0.717, 1.165) is 65.7 Å². The molecule has 3 aliphatic heterocycles. The van der Waals surface area contributed by atoms with Crippen LogP contribution in [0.1, 0.15) is 115 Å². The number of nitrogen functional groups attached to an aromatic ring is 1. The molecule has 0 bridgehead atoms. The molecule has 6 atom stereocenters. The van der Waals surface area contributed by atoms with E-state index in [-0.39, 0.29) is 111 Å². The molecular formula is C75H96BF3N11O9U. The van der Waals surface area contributed by atoms with E-state index < -0.39 is 17.7 Å². The number of aromatic amines is 2. The maximum absolute atomic E-state index is 13.8. The fraction of sp³-hybridized carbons (Fsp3) is 0.373. The first kappa shape index (κ1) is 78.8. The van der Waals surface area contributed by atoms with Crippen molar-refractivity contribution in [1.82, 2.24) is 49.4 Å². The number of ketones is 1. The molecular weight excluding hydrogens is 1500 g/mol. The maximum atomic E-state index is 13.8. The van der Waals surface area contributed by atoms with Gasteiger partial charge in [-0.25, -0.2) is 18.0 Å². The van der Waals surface area contributed by atoms with Gasteiger partial charge in [-0.2, -0.15) is 0 Å². The number of carboxylic acid groups (broad SMARTS) is 1. The van der Waals surface area contributed by atoms with Crippen LogP contribution in [0.3, 0.4) is 0 Å². The second-order valence-electron chi connectivity index (χ2n) is 25.2. The third-order valence-corrected chi connectivity index (χ3v) is 18.0. The minimum atomic E-state index is -0.982. The van der Waals surface area contributed by atoms with Gasteiger partial charge in [0.05, 0.1) is 51.9 Å². The zero-order valence-corrected chi connectivity index (χ0v) is 61.4. The number of hydrogen-bond donors (Lipinski definition) is 5. The largest absolute Gasteiger partial charge is 0.496 e. The van der Waals surface area contributed by atoms with Crippen molar-refractivity contribution in [3.63, 3.8) is 0 Å². The van der Waals surface area contributed by atoms with E-state index >= 15 is 0 Å². The molecule has 0 aliphatic carbocycles. The van der Waals surface area contributed by atoms with Gasteiger partial charge in [0.15, 0.2) is 0 Å². The Labute approximate surface area is 612 Å². The number of ether oxygens (including phenoxy) is 3. The molecule has 6 heterocycles. The fourth-order valence-electron chi connectivity index (χ4n) is 12.4. The molecule has 9 aromatic rings. The predicted octanol–water partition coefficient (Wildman–Crippen LogP) is 10.8. The summed E-state index contributed by atoms with van der Waals surface area (Å²) in [5.74, 6) is 4.08. The molecule has 3 aromatic heterocycles. The average molecular weight is 1610 g/mol. The van der Waals surface area contributed by atoms with E-state index in [2.05, 4.69) is 57.7 Å². The Kier molecular flexibility index (Phi) is 28.9. The maximum Gasteiger partial charge on any atom is 0.339 e. The Morgan fingerprint density at radius 2 is 0.950 bits per heavy atom. The number of piperazine rings is 3. The zero-order valence-electron chi connectivity index (χ0n) is 59.2. The van der Waals surface area contributed by atoms with Crippen molar-refractivity contribution < 1.29 is 87.6 Å². The summed E-state index contributed by atoms with van der Waals surface area (Å²) in [7, 11) is 8.01. The molecule has 3 amide bonds. The van der Waals surface area contributed by atoms with Gasteiger partial charge in [-0.05, 0) is 128 Å². The molecule has 3 fully saturated rings. The van der Waals surface area contributed by atoms with Crippen molar-refractivity contribution >= 4 is 70.5 Å². The number of Topliss-reactive ketones (excluding diaryl/α,β-unsaturated/α-hetero) is 1. The first-order chi connectivity index (χ1) is 47.2. The summed E-state index contributed by atoms with van der Waals surface area (Å²) in [4.78, 5) is 81.3. The number of fused-ring (bicyclic) bond motifs is 3. The number of halogens is 3. The summed E-state index contributed by atoms with van der Waals surface area (Å²) < 4.78 is 68.0. The molecule has 100 heavy (non-hydrogen) atoms. The number of benzene rings is 6. The van der Waals surface area contributed by atoms with E-state index in [1.165, 1.54) is 86.0 Å². The van der Waals surface area contributed by atoms with Gasteiger partial charge in [0.2, 0.25) is 0 Å². The number of carbonyl (C=O) groups is 5. The molecule has 12 rings (SSSR count). The number of carboxylic acids is 1. The summed E-state index contributed by atoms with van der Waals surface area (Å²) in [6.07, 6.45) is 5.01. The van der Waals surface area contributed by atoms with Gasteiger partial charge in [-0.1, -0.05) is 51.3 Å². The van der Waals surface area contributed by atoms with Gasteiger partial charge >= 0.3 is 5.97 Å². The molecule has 3 aliphatic rings. The smallest absolute Gasteiger partial charge is 0.339 e. The topological polar surface area (TPSA) is 227 Å². The van der Waals surface area contributed by atoms with Crippen LogP contribution < -0.4 is 25.4 Å². The molecule has 6 aromatic carbocycles. The van der Waals surface area contributed by atoms with Crippen LogP contribution >= 0.6 is 0 Å². The van der Waals surface area contributed by atoms with Gasteiger partial charge in [-0.3, -0.25) is 38.6 Å². The Morgan fingerprint density at radius 3 is 1.36 bits per heavy atom. The van der Waals surface area contributed by atoms with Crippen LogP contribution in [0.15, 0.2) is 140 Å². The van der Waals surface area contributed by atoms with Crippen molar-refractivity contribution in [1.29, 1.82) is 2.67 Å². The zero-order chi connectivity index (χ0) is 71.9. The number of nitrogens with zero attached hydrogens (tertiary/aromatic N) is 7. The number of likely N-dealkylation sites (N-methyl/N-ethyl adjacent to an activating group) is 1. The van der Waals surface area contributed by atoms with Gasteiger partial charge in [-0.15, -0.1) is 0 Å². The van der Waals surface area contributed by atoms with E-state index in [4.69, 9.17) is 27.8 Å². The summed E-state index contributed by atoms with van der Waals surface area (Å²) in [5, 5.41) is 14.6. The van der Waals surface area contributed by atoms with Crippen molar-refractivity contribution in [2.45, 2.75) is 112 Å². The number of aromatic carboxylic acids is 1. The monoisotopic (exact) mass is 1600 g/mol. The summed E-state index contributed by atoms with van der Waals surface area (Å²) in [6, 6.07) is 35.2. The molecule has 0 saturated carbocycles. The van der Waals surface area contributed by atoms with E-state index in [1.54, 1.807) is 54.6 Å². The van der Waals surface area contributed by atoms with Crippen LogP contribution in [0.25, 0.3) is 32.7 Å². The van der Waals surface area contributed by atoms with Crippen molar-refractivity contribution in [2.24, 2.45) is 0 Å². The number of rotatable bonds is 14. The van der Waals surface area contributed by atoms with E-state index in [1.807, 2.05) is 73.5 Å². The summed E-state index contributed by atoms with van der Waals surface area (Å²) in [6.45, 7) is 19.5. The third kappa shape index (κ3) is 19.7. The minimum absolute atomic E-state index is 0. The number of carbonyl (C=O) groups excluding carboxylic acids is 4.